The number of benzene rings is 4. The number of nitrogens with one attached hydrogen (secondary N) is 1. The van der Waals surface area contributed by atoms with Crippen LogP contribution in [0.15, 0.2) is 97.6 Å². The number of fused-ring (bicyclic) bond motifs is 1. The fraction of sp³-hybridized carbons (Fsp3) is 0.132. The summed E-state index contributed by atoms with van der Waals surface area (Å²) in [5.74, 6) is -3.20. The van der Waals surface area contributed by atoms with Crippen LogP contribution in [0.5, 0.6) is 0 Å². The molecule has 1 aliphatic rings. The summed E-state index contributed by atoms with van der Waals surface area (Å²) in [6, 6.07) is 20.9. The van der Waals surface area contributed by atoms with Gasteiger partial charge in [-0.3, -0.25) is 9.36 Å². The maximum atomic E-state index is 13.8. The summed E-state index contributed by atoms with van der Waals surface area (Å²) in [6.45, 7) is -0.559. The number of anilines is 1. The van der Waals surface area contributed by atoms with Crippen molar-refractivity contribution in [1.29, 1.82) is 0 Å². The Hall–Kier alpha value is -4.99. The van der Waals surface area contributed by atoms with E-state index in [0.29, 0.717) is 5.56 Å². The summed E-state index contributed by atoms with van der Waals surface area (Å²) >= 11 is 37.2. The Kier molecular flexibility index (Phi) is 12.2. The second-order valence-electron chi connectivity index (χ2n) is 12.1. The quantitative estimate of drug-likeness (QED) is 0.103. The number of ether oxygens (including phenoxy) is 4. The van der Waals surface area contributed by atoms with Crippen LogP contribution < -0.4 is 5.32 Å². The third-order valence-electron chi connectivity index (χ3n) is 8.50. The van der Waals surface area contributed by atoms with Crippen molar-refractivity contribution in [3.05, 3.63) is 150 Å². The van der Waals surface area contributed by atoms with Crippen molar-refractivity contribution in [1.82, 2.24) is 19.5 Å². The average Bonchev–Trinajstić information content (AvgIpc) is 3.75. The Balaban J connectivity index is 1.28. The van der Waals surface area contributed by atoms with Gasteiger partial charge in [0.1, 0.15) is 19.0 Å². The molecule has 1 fully saturated rings. The molecule has 0 aliphatic carbocycles. The Morgan fingerprint density at radius 1 is 0.667 bits per heavy atom. The zero-order valence-electron chi connectivity index (χ0n) is 28.6. The molecule has 0 spiro atoms. The normalized spacial score (nSPS) is 17.6. The number of nitrogens with zero attached hydrogens (tertiary/aromatic N) is 4. The van der Waals surface area contributed by atoms with Gasteiger partial charge >= 0.3 is 17.9 Å². The van der Waals surface area contributed by atoms with E-state index >= 15 is 0 Å². The summed E-state index contributed by atoms with van der Waals surface area (Å²) in [7, 11) is 0. The largest absolute Gasteiger partial charge is 0.459 e. The molecule has 57 heavy (non-hydrogen) atoms. The molecule has 4 aromatic carbocycles. The minimum atomic E-state index is -1.52. The van der Waals surface area contributed by atoms with Crippen molar-refractivity contribution < 1.29 is 38.1 Å². The third-order valence-corrected chi connectivity index (χ3v) is 10.1. The van der Waals surface area contributed by atoms with E-state index in [1.807, 2.05) is 0 Å². The molecular weight excluding hydrogens is 867 g/mol. The van der Waals surface area contributed by atoms with Crippen LogP contribution in [-0.4, -0.2) is 68.3 Å². The second-order valence-corrected chi connectivity index (χ2v) is 14.7. The molecule has 7 rings (SSSR count). The lowest BCUT2D eigenvalue weighted by atomic mass is 10.1. The van der Waals surface area contributed by atoms with Gasteiger partial charge in [0.15, 0.2) is 35.4 Å². The number of carbonyl (C=O) groups is 4. The lowest BCUT2D eigenvalue weighted by molar-refractivity contribution is -0.0606. The lowest BCUT2D eigenvalue weighted by Crippen LogP contribution is -2.41. The first-order valence-electron chi connectivity index (χ1n) is 16.5. The highest BCUT2D eigenvalue weighted by molar-refractivity contribution is 6.37. The van der Waals surface area contributed by atoms with Gasteiger partial charge in [-0.1, -0.05) is 87.8 Å². The van der Waals surface area contributed by atoms with E-state index in [1.54, 1.807) is 30.3 Å². The van der Waals surface area contributed by atoms with E-state index in [0.717, 1.165) is 0 Å². The van der Waals surface area contributed by atoms with Gasteiger partial charge in [-0.15, -0.1) is 0 Å². The highest BCUT2D eigenvalue weighted by atomic mass is 35.5. The van der Waals surface area contributed by atoms with E-state index in [9.17, 15) is 19.2 Å². The first-order valence-corrected chi connectivity index (χ1v) is 18.8. The summed E-state index contributed by atoms with van der Waals surface area (Å²) in [5.41, 5.74) is 0.420. The molecule has 1 amide bonds. The number of imidazole rings is 1. The zero-order valence-corrected chi connectivity index (χ0v) is 33.1. The molecule has 4 atom stereocenters. The van der Waals surface area contributed by atoms with Crippen LogP contribution in [0.3, 0.4) is 0 Å². The molecule has 1 saturated heterocycles. The fourth-order valence-corrected chi connectivity index (χ4v) is 7.26. The molecule has 1 aliphatic heterocycles. The third kappa shape index (κ3) is 8.80. The molecule has 2 aromatic heterocycles. The minimum absolute atomic E-state index is 0.0140. The smallest absolute Gasteiger partial charge is 0.340 e. The SMILES string of the molecule is O=C(Nc1ncnc2c1ncn2[C@@H]1O[C@H](COC(=O)c2ccc(Cl)cc2Cl)[C@H](OC(=O)c2ccc(Cl)cc2Cl)[C@@H]1OC(=O)c1ccc(Cl)cc1Cl)c1ccccc1. The molecule has 3 heterocycles. The number of rotatable bonds is 10. The molecular formula is C38H23Cl6N5O8. The van der Waals surface area contributed by atoms with Gasteiger partial charge in [0.05, 0.1) is 38.1 Å². The highest BCUT2D eigenvalue weighted by Crippen LogP contribution is 2.38. The maximum Gasteiger partial charge on any atom is 0.340 e. The predicted molar refractivity (Wildman–Crippen MR) is 212 cm³/mol. The Labute approximate surface area is 352 Å². The monoisotopic (exact) mass is 887 g/mol. The predicted octanol–water partition coefficient (Wildman–Crippen LogP) is 9.20. The first-order chi connectivity index (χ1) is 27.4. The van der Waals surface area contributed by atoms with Crippen molar-refractivity contribution >= 4 is 110 Å². The van der Waals surface area contributed by atoms with Crippen LogP contribution in [0.2, 0.25) is 30.1 Å². The fourth-order valence-electron chi connectivity index (χ4n) is 5.81. The number of hydrogen-bond acceptors (Lipinski definition) is 11. The van der Waals surface area contributed by atoms with Gasteiger partial charge in [0.2, 0.25) is 0 Å². The summed E-state index contributed by atoms with van der Waals surface area (Å²) < 4.78 is 25.5. The number of carbonyl (C=O) groups excluding carboxylic acids is 4. The molecule has 290 valence electrons. The van der Waals surface area contributed by atoms with Gasteiger partial charge in [-0.2, -0.15) is 0 Å². The standard InChI is InChI=1S/C38H23Cl6N5O8/c39-19-6-9-22(25(42)12-19)36(51)54-15-28-30(56-37(52)23-10-7-20(40)13-26(23)43)31(57-38(53)24-11-8-21(41)14-27(24)44)35(55-28)49-17-47-29-32(45-16-46-33(29)49)48-34(50)18-4-2-1-3-5-18/h1-14,16-17,28,30-31,35H,15H2,(H,45,46,48,50)/t28-,30+,31+,35-/m1/s1. The van der Waals surface area contributed by atoms with Crippen LogP contribution in [0, 0.1) is 0 Å². The van der Waals surface area contributed by atoms with Crippen molar-refractivity contribution in [2.45, 2.75) is 24.5 Å². The van der Waals surface area contributed by atoms with E-state index in [2.05, 4.69) is 20.3 Å². The highest BCUT2D eigenvalue weighted by Gasteiger charge is 2.52. The van der Waals surface area contributed by atoms with Gasteiger partial charge in [0, 0.05) is 20.6 Å². The van der Waals surface area contributed by atoms with Crippen LogP contribution in [0.25, 0.3) is 11.2 Å². The summed E-state index contributed by atoms with van der Waals surface area (Å²) in [4.78, 5) is 67.0. The number of aromatic nitrogens is 4. The van der Waals surface area contributed by atoms with E-state index < -0.39 is 55.0 Å². The molecule has 0 bridgehead atoms. The van der Waals surface area contributed by atoms with Gasteiger partial charge in [-0.25, -0.2) is 29.3 Å². The van der Waals surface area contributed by atoms with Crippen molar-refractivity contribution in [2.24, 2.45) is 0 Å². The molecule has 0 saturated carbocycles. The maximum absolute atomic E-state index is 13.8. The van der Waals surface area contributed by atoms with Gasteiger partial charge in [0.25, 0.3) is 5.91 Å². The van der Waals surface area contributed by atoms with Crippen molar-refractivity contribution in [3.8, 4) is 0 Å². The van der Waals surface area contributed by atoms with Crippen LogP contribution in [-0.2, 0) is 18.9 Å². The summed E-state index contributed by atoms with van der Waals surface area (Å²) in [5, 5.41) is 3.47. The van der Waals surface area contributed by atoms with Gasteiger partial charge in [-0.05, 0) is 66.7 Å². The number of halogens is 6. The molecule has 0 unspecified atom stereocenters. The number of esters is 3. The van der Waals surface area contributed by atoms with E-state index in [-0.39, 0.29) is 63.8 Å². The Morgan fingerprint density at radius 3 is 1.77 bits per heavy atom. The molecule has 1 N–H and O–H groups in total. The lowest BCUT2D eigenvalue weighted by Gasteiger charge is -2.25. The molecule has 0 radical (unpaired) electrons. The average molecular weight is 890 g/mol. The van der Waals surface area contributed by atoms with Crippen molar-refractivity contribution in [3.63, 3.8) is 0 Å². The summed E-state index contributed by atoms with van der Waals surface area (Å²) in [6.07, 6.45) is -3.24. The van der Waals surface area contributed by atoms with Crippen LogP contribution in [0.1, 0.15) is 47.7 Å². The minimum Gasteiger partial charge on any atom is -0.459 e. The van der Waals surface area contributed by atoms with E-state index in [4.69, 9.17) is 88.6 Å². The molecule has 13 nitrogen and oxygen atoms in total. The Bertz CT molecular complexity index is 2540. The zero-order chi connectivity index (χ0) is 40.4. The Morgan fingerprint density at radius 2 is 1.21 bits per heavy atom. The van der Waals surface area contributed by atoms with Crippen LogP contribution >= 0.6 is 69.6 Å². The van der Waals surface area contributed by atoms with Crippen molar-refractivity contribution in [2.75, 3.05) is 11.9 Å². The number of hydrogen-bond donors (Lipinski definition) is 1. The van der Waals surface area contributed by atoms with E-state index in [1.165, 1.54) is 71.8 Å². The second kappa shape index (κ2) is 17.2. The van der Waals surface area contributed by atoms with Crippen LogP contribution in [0.4, 0.5) is 5.82 Å². The van der Waals surface area contributed by atoms with Gasteiger partial charge < -0.3 is 24.3 Å². The first kappa shape index (κ1) is 40.2. The molecule has 6 aromatic rings. The topological polar surface area (TPSA) is 161 Å². The molecule has 19 heteroatoms. The number of amides is 1.